The van der Waals surface area contributed by atoms with Gasteiger partial charge in [-0.1, -0.05) is 39.8 Å². The van der Waals surface area contributed by atoms with Crippen molar-refractivity contribution >= 4 is 22.3 Å². The number of aliphatic hydroxyl groups is 4. The van der Waals surface area contributed by atoms with Crippen LogP contribution in [0.4, 0.5) is 0 Å². The summed E-state index contributed by atoms with van der Waals surface area (Å²) in [5, 5.41) is 48.8. The van der Waals surface area contributed by atoms with Crippen LogP contribution in [0.25, 0.3) is 4.96 Å². The molecule has 0 saturated heterocycles. The minimum absolute atomic E-state index is 0.0480. The number of aromatic nitrogens is 2. The van der Waals surface area contributed by atoms with Crippen LogP contribution in [0.1, 0.15) is 57.2 Å². The Morgan fingerprint density at radius 2 is 1.97 bits per heavy atom. The third kappa shape index (κ3) is 2.72. The Hall–Kier alpha value is -2.04. The maximum absolute atomic E-state index is 13.6. The number of imidazole rings is 1. The SMILES string of the molecule is CC1=CC23C(C)CC4C(C)(C)C4(C)C(C=C(CO)C(O)C2(O)C1OC(=O)c1c(C)nc2sccn12)C3O. The second-order valence-corrected chi connectivity index (χ2v) is 13.4. The standard InChI is InChI=1S/C28H36N2O6S/c1-13-11-27-14(2)9-18-25(4,5)26(18,6)17(21(27)33)10-16(12-31)20(32)28(27,35)22(13)36-23(34)19-15(3)29-24-30(19)7-8-37-24/h7-8,10-11,14,17-18,20-22,31-33,35H,9,12H2,1-6H3. The number of esters is 1. The average Bonchev–Trinajstić information content (AvgIpc) is 3.24. The first kappa shape index (κ1) is 25.2. The first-order valence-electron chi connectivity index (χ1n) is 13.0. The monoisotopic (exact) mass is 528 g/mol. The minimum atomic E-state index is -2.07. The van der Waals surface area contributed by atoms with Gasteiger partial charge in [-0.05, 0) is 54.1 Å². The van der Waals surface area contributed by atoms with Crippen LogP contribution < -0.4 is 0 Å². The van der Waals surface area contributed by atoms with Crippen LogP contribution in [-0.2, 0) is 4.74 Å². The second-order valence-electron chi connectivity index (χ2n) is 12.5. The van der Waals surface area contributed by atoms with Crippen molar-refractivity contribution in [3.05, 3.63) is 46.3 Å². The summed E-state index contributed by atoms with van der Waals surface area (Å²) in [5.74, 6) is -1.00. The van der Waals surface area contributed by atoms with E-state index in [0.717, 1.165) is 6.42 Å². The van der Waals surface area contributed by atoms with Gasteiger partial charge in [-0.25, -0.2) is 9.78 Å². The molecular formula is C28H36N2O6S. The van der Waals surface area contributed by atoms with Gasteiger partial charge in [0.2, 0.25) is 0 Å². The lowest BCUT2D eigenvalue weighted by Crippen LogP contribution is -2.67. The van der Waals surface area contributed by atoms with E-state index in [2.05, 4.69) is 25.8 Å². The van der Waals surface area contributed by atoms with Gasteiger partial charge < -0.3 is 25.2 Å². The number of rotatable bonds is 3. The van der Waals surface area contributed by atoms with E-state index < -0.39 is 47.8 Å². The molecule has 0 amide bonds. The molecule has 4 aliphatic carbocycles. The zero-order valence-electron chi connectivity index (χ0n) is 22.1. The molecule has 4 aliphatic rings. The molecule has 0 aromatic carbocycles. The van der Waals surface area contributed by atoms with Crippen LogP contribution in [0, 0.1) is 40.9 Å². The van der Waals surface area contributed by atoms with E-state index in [4.69, 9.17) is 4.74 Å². The topological polar surface area (TPSA) is 125 Å². The smallest absolute Gasteiger partial charge is 0.358 e. The molecular weight excluding hydrogens is 492 g/mol. The number of hydrogen-bond acceptors (Lipinski definition) is 8. The van der Waals surface area contributed by atoms with E-state index in [1.165, 1.54) is 11.3 Å². The molecule has 6 rings (SSSR count). The predicted molar refractivity (Wildman–Crippen MR) is 138 cm³/mol. The summed E-state index contributed by atoms with van der Waals surface area (Å²) in [6, 6.07) is 0. The zero-order valence-corrected chi connectivity index (χ0v) is 22.9. The molecule has 37 heavy (non-hydrogen) atoms. The summed E-state index contributed by atoms with van der Waals surface area (Å²) < 4.78 is 7.71. The summed E-state index contributed by atoms with van der Waals surface area (Å²) in [6.07, 6.45) is 2.30. The van der Waals surface area contributed by atoms with Crippen LogP contribution in [0.5, 0.6) is 0 Å². The first-order valence-corrected chi connectivity index (χ1v) is 13.9. The summed E-state index contributed by atoms with van der Waals surface area (Å²) >= 11 is 1.40. The van der Waals surface area contributed by atoms with Crippen molar-refractivity contribution in [1.29, 1.82) is 0 Å². The Morgan fingerprint density at radius 1 is 1.27 bits per heavy atom. The lowest BCUT2D eigenvalue weighted by molar-refractivity contribution is -0.216. The van der Waals surface area contributed by atoms with E-state index in [0.29, 0.717) is 22.1 Å². The summed E-state index contributed by atoms with van der Waals surface area (Å²) in [4.78, 5) is 18.7. The molecule has 0 radical (unpaired) electrons. The number of aliphatic hydroxyl groups excluding tert-OH is 3. The number of fused-ring (bicyclic) bond motifs is 4. The number of hydrogen-bond donors (Lipinski definition) is 4. The molecule has 9 unspecified atom stereocenters. The van der Waals surface area contributed by atoms with Crippen molar-refractivity contribution in [3.8, 4) is 0 Å². The van der Waals surface area contributed by atoms with Crippen molar-refractivity contribution in [2.24, 2.45) is 34.0 Å². The Kier molecular flexibility index (Phi) is 5.14. The molecule has 2 heterocycles. The van der Waals surface area contributed by atoms with Crippen LogP contribution in [0.2, 0.25) is 0 Å². The van der Waals surface area contributed by atoms with Gasteiger partial charge in [0.1, 0.15) is 11.7 Å². The van der Waals surface area contributed by atoms with Gasteiger partial charge in [0.15, 0.2) is 16.8 Å². The Bertz CT molecular complexity index is 1370. The van der Waals surface area contributed by atoms with Crippen molar-refractivity contribution in [2.45, 2.75) is 71.9 Å². The molecule has 4 N–H and O–H groups in total. The quantitative estimate of drug-likeness (QED) is 0.357. The molecule has 200 valence electrons. The molecule has 2 fully saturated rings. The van der Waals surface area contributed by atoms with E-state index in [-0.39, 0.29) is 28.0 Å². The van der Waals surface area contributed by atoms with E-state index in [1.807, 2.05) is 18.4 Å². The van der Waals surface area contributed by atoms with Crippen LogP contribution >= 0.6 is 11.3 Å². The van der Waals surface area contributed by atoms with E-state index in [9.17, 15) is 25.2 Å². The maximum atomic E-state index is 13.6. The number of carbonyl (C=O) groups is 1. The molecule has 8 nitrogen and oxygen atoms in total. The maximum Gasteiger partial charge on any atom is 0.358 e. The third-order valence-electron chi connectivity index (χ3n) is 11.0. The fourth-order valence-electron chi connectivity index (χ4n) is 8.68. The number of carbonyl (C=O) groups excluding carboxylic acids is 1. The van der Waals surface area contributed by atoms with E-state index in [1.54, 1.807) is 30.5 Å². The van der Waals surface area contributed by atoms with Crippen LogP contribution in [0.15, 0.2) is 34.9 Å². The largest absolute Gasteiger partial charge is 0.450 e. The van der Waals surface area contributed by atoms with Gasteiger partial charge in [0.25, 0.3) is 0 Å². The Morgan fingerprint density at radius 3 is 2.65 bits per heavy atom. The van der Waals surface area contributed by atoms with Gasteiger partial charge >= 0.3 is 5.97 Å². The van der Waals surface area contributed by atoms with Gasteiger partial charge in [-0.3, -0.25) is 4.40 Å². The van der Waals surface area contributed by atoms with Gasteiger partial charge in [-0.2, -0.15) is 0 Å². The summed E-state index contributed by atoms with van der Waals surface area (Å²) in [6.45, 7) is 11.6. The van der Waals surface area contributed by atoms with Crippen molar-refractivity contribution in [1.82, 2.24) is 9.38 Å². The van der Waals surface area contributed by atoms with Gasteiger partial charge in [0, 0.05) is 17.5 Å². The number of thiazole rings is 1. The number of ether oxygens (including phenoxy) is 1. The fourth-order valence-corrected chi connectivity index (χ4v) is 9.44. The highest BCUT2D eigenvalue weighted by molar-refractivity contribution is 7.15. The molecule has 2 aromatic heterocycles. The molecule has 2 bridgehead atoms. The van der Waals surface area contributed by atoms with E-state index >= 15 is 0 Å². The second kappa shape index (κ2) is 7.54. The molecule has 2 aromatic rings. The Balaban J connectivity index is 1.49. The minimum Gasteiger partial charge on any atom is -0.450 e. The predicted octanol–water partition coefficient (Wildman–Crippen LogP) is 2.88. The highest BCUT2D eigenvalue weighted by atomic mass is 32.1. The van der Waals surface area contributed by atoms with Crippen molar-refractivity contribution < 1.29 is 30.0 Å². The highest BCUT2D eigenvalue weighted by Gasteiger charge is 2.80. The molecule has 9 atom stereocenters. The van der Waals surface area contributed by atoms with Crippen LogP contribution in [0.3, 0.4) is 0 Å². The normalized spacial score (nSPS) is 43.8. The van der Waals surface area contributed by atoms with Crippen molar-refractivity contribution in [2.75, 3.05) is 6.61 Å². The summed E-state index contributed by atoms with van der Waals surface area (Å²) in [5.41, 5.74) is -2.09. The summed E-state index contributed by atoms with van der Waals surface area (Å²) in [7, 11) is 0. The molecule has 1 spiro atoms. The van der Waals surface area contributed by atoms with Crippen molar-refractivity contribution in [3.63, 3.8) is 0 Å². The van der Waals surface area contributed by atoms with Crippen LogP contribution in [-0.4, -0.2) is 66.3 Å². The highest BCUT2D eigenvalue weighted by Crippen LogP contribution is 2.79. The lowest BCUT2D eigenvalue weighted by Gasteiger charge is -2.52. The molecule has 9 heteroatoms. The molecule has 2 saturated carbocycles. The van der Waals surface area contributed by atoms with Gasteiger partial charge in [-0.15, -0.1) is 11.3 Å². The Labute approximate surface area is 220 Å². The fraction of sp³-hybridized carbons (Fsp3) is 0.643. The first-order chi connectivity index (χ1) is 17.3. The number of nitrogens with zero attached hydrogens (tertiary/aromatic N) is 2. The lowest BCUT2D eigenvalue weighted by atomic mass is 9.57. The average molecular weight is 529 g/mol. The zero-order chi connectivity index (χ0) is 26.9. The third-order valence-corrected chi connectivity index (χ3v) is 11.8. The molecule has 0 aliphatic heterocycles. The number of aryl methyl sites for hydroxylation is 1. The van der Waals surface area contributed by atoms with Gasteiger partial charge in [0.05, 0.1) is 23.8 Å².